The van der Waals surface area contributed by atoms with Gasteiger partial charge >= 0.3 is 11.9 Å². The Hall–Kier alpha value is -4.12. The molecule has 0 radical (unpaired) electrons. The van der Waals surface area contributed by atoms with Crippen LogP contribution in [-0.2, 0) is 14.3 Å². The number of aliphatic imine (C=N–C) groups is 1. The highest BCUT2D eigenvalue weighted by Crippen LogP contribution is 2.39. The van der Waals surface area contributed by atoms with Crippen molar-refractivity contribution in [3.8, 4) is 5.00 Å². The van der Waals surface area contributed by atoms with Crippen molar-refractivity contribution < 1.29 is 19.4 Å². The van der Waals surface area contributed by atoms with Gasteiger partial charge in [-0.1, -0.05) is 12.1 Å². The van der Waals surface area contributed by atoms with Crippen molar-refractivity contribution in [3.63, 3.8) is 0 Å². The second kappa shape index (κ2) is 9.63. The van der Waals surface area contributed by atoms with E-state index in [1.807, 2.05) is 35.8 Å². The number of aromatic nitrogens is 3. The number of anilines is 1. The van der Waals surface area contributed by atoms with Gasteiger partial charge in [0.25, 0.3) is 0 Å². The van der Waals surface area contributed by atoms with Crippen LogP contribution in [0.1, 0.15) is 45.7 Å². The molecule has 0 amide bonds. The predicted octanol–water partition coefficient (Wildman–Crippen LogP) is 3.74. The summed E-state index contributed by atoms with van der Waals surface area (Å²) in [5, 5.41) is 28.7. The van der Waals surface area contributed by atoms with Crippen LogP contribution in [0.25, 0.3) is 5.00 Å². The first-order valence-corrected chi connectivity index (χ1v) is 11.6. The monoisotopic (exact) mass is 492 g/mol. The zero-order valence-electron chi connectivity index (χ0n) is 19.6. The summed E-state index contributed by atoms with van der Waals surface area (Å²) in [4.78, 5) is 29.1. The van der Waals surface area contributed by atoms with E-state index in [1.54, 1.807) is 11.3 Å². The number of esters is 1. The number of hydrogen-bond donors (Lipinski definition) is 3. The molecule has 10 nitrogen and oxygen atoms in total. The van der Waals surface area contributed by atoms with Crippen LogP contribution in [0.15, 0.2) is 41.5 Å². The second-order valence-electron chi connectivity index (χ2n) is 7.95. The van der Waals surface area contributed by atoms with Crippen molar-refractivity contribution in [2.75, 3.05) is 12.4 Å². The Labute approximate surface area is 205 Å². The van der Waals surface area contributed by atoms with E-state index in [-0.39, 0.29) is 12.4 Å². The predicted molar refractivity (Wildman–Crippen MR) is 133 cm³/mol. The van der Waals surface area contributed by atoms with Crippen molar-refractivity contribution in [2.24, 2.45) is 4.99 Å². The molecule has 1 unspecified atom stereocenters. The van der Waals surface area contributed by atoms with Crippen molar-refractivity contribution in [1.82, 2.24) is 14.8 Å². The normalized spacial score (nSPS) is 14.6. The van der Waals surface area contributed by atoms with E-state index in [0.29, 0.717) is 11.6 Å². The van der Waals surface area contributed by atoms with Crippen LogP contribution in [0.2, 0.25) is 0 Å². The van der Waals surface area contributed by atoms with Gasteiger partial charge in [0.05, 0.1) is 19.2 Å². The van der Waals surface area contributed by atoms with E-state index in [4.69, 9.17) is 20.2 Å². The summed E-state index contributed by atoms with van der Waals surface area (Å²) in [5.74, 6) is -0.377. The van der Waals surface area contributed by atoms with Crippen molar-refractivity contribution in [2.45, 2.75) is 33.2 Å². The summed E-state index contributed by atoms with van der Waals surface area (Å²) in [7, 11) is 1.35. The van der Waals surface area contributed by atoms with E-state index < -0.39 is 17.7 Å². The van der Waals surface area contributed by atoms with E-state index in [9.17, 15) is 9.59 Å². The molecule has 3 aromatic rings. The van der Waals surface area contributed by atoms with Crippen LogP contribution in [0, 0.1) is 26.2 Å². The van der Waals surface area contributed by atoms with E-state index in [1.165, 1.54) is 19.4 Å². The molecule has 0 spiro atoms. The minimum Gasteiger partial charge on any atom is -0.477 e. The minimum atomic E-state index is -1.30. The lowest BCUT2D eigenvalue weighted by Gasteiger charge is -2.12. The number of rotatable bonds is 7. The number of fused-ring (bicyclic) bond motifs is 3. The number of hydrogen-bond acceptors (Lipinski definition) is 9. The van der Waals surface area contributed by atoms with Gasteiger partial charge in [0.15, 0.2) is 5.82 Å². The van der Waals surface area contributed by atoms with Gasteiger partial charge in [-0.05, 0) is 44.5 Å². The largest absolute Gasteiger partial charge is 0.477 e. The molecular weight excluding hydrogens is 468 g/mol. The van der Waals surface area contributed by atoms with Crippen LogP contribution in [0.4, 0.5) is 5.69 Å². The molecule has 0 saturated heterocycles. The molecule has 35 heavy (non-hydrogen) atoms. The smallest absolute Gasteiger partial charge is 0.353 e. The molecule has 0 aliphatic carbocycles. The summed E-state index contributed by atoms with van der Waals surface area (Å²) >= 11 is 1.63. The molecular formula is C24H24N6O4S. The van der Waals surface area contributed by atoms with Gasteiger partial charge in [-0.25, -0.2) is 4.79 Å². The number of carbonyl (C=O) groups is 2. The number of aryl methyl sites for hydroxylation is 2. The molecule has 11 heteroatoms. The molecule has 0 saturated carbocycles. The Morgan fingerprint density at radius 1 is 1.23 bits per heavy atom. The molecule has 4 rings (SSSR count). The summed E-state index contributed by atoms with van der Waals surface area (Å²) in [6.07, 6.45) is 2.61. The average molecular weight is 493 g/mol. The molecule has 1 atom stereocenters. The first kappa shape index (κ1) is 24.0. The number of ether oxygens (including phenoxy) is 1. The maximum atomic E-state index is 12.2. The zero-order valence-corrected chi connectivity index (χ0v) is 20.4. The fourth-order valence-electron chi connectivity index (χ4n) is 3.78. The van der Waals surface area contributed by atoms with Crippen molar-refractivity contribution >= 4 is 40.4 Å². The van der Waals surface area contributed by atoms with E-state index in [0.717, 1.165) is 38.0 Å². The maximum Gasteiger partial charge on any atom is 0.353 e. The summed E-state index contributed by atoms with van der Waals surface area (Å²) in [5.41, 5.74) is 3.87. The standard InChI is InChI=1S/C24H24N6O4S/c1-12-13(2)35-23-20(12)21(15-5-7-16(8-6-15)26-10-9-17(25)24(32)33)27-18(11-19(31)34-4)22-29-28-14(3)30(22)23/h5-10,18,25-26H,11H2,1-4H3,(H,32,33)/b10-9-,25-17?. The molecule has 0 fully saturated rings. The SMILES string of the molecule is COC(=O)CC1N=C(c2ccc(N/C=C\C(=N)C(=O)O)cc2)c2c(sc(C)c2C)-n2c(C)nnc21. The van der Waals surface area contributed by atoms with Gasteiger partial charge in [-0.3, -0.25) is 19.8 Å². The van der Waals surface area contributed by atoms with Gasteiger partial charge in [-0.2, -0.15) is 0 Å². The fraction of sp³-hybridized carbons (Fsp3) is 0.250. The number of aliphatic carboxylic acids is 1. The number of nitrogens with zero attached hydrogens (tertiary/aromatic N) is 4. The first-order chi connectivity index (χ1) is 16.7. The first-order valence-electron chi connectivity index (χ1n) is 10.7. The average Bonchev–Trinajstić information content (AvgIpc) is 3.31. The van der Waals surface area contributed by atoms with Crippen LogP contribution in [0.3, 0.4) is 0 Å². The summed E-state index contributed by atoms with van der Waals surface area (Å²) in [6.45, 7) is 5.99. The number of carboxylic acids is 1. The van der Waals surface area contributed by atoms with Crippen LogP contribution >= 0.6 is 11.3 Å². The van der Waals surface area contributed by atoms with Crippen LogP contribution in [0.5, 0.6) is 0 Å². The fourth-order valence-corrected chi connectivity index (χ4v) is 5.00. The highest BCUT2D eigenvalue weighted by molar-refractivity contribution is 7.15. The van der Waals surface area contributed by atoms with Gasteiger partial charge in [0.1, 0.15) is 22.6 Å². The molecule has 3 heterocycles. The van der Waals surface area contributed by atoms with E-state index in [2.05, 4.69) is 29.4 Å². The molecule has 1 aliphatic heterocycles. The Morgan fingerprint density at radius 3 is 2.60 bits per heavy atom. The Bertz CT molecular complexity index is 1380. The third-order valence-corrected chi connectivity index (χ3v) is 6.91. The number of nitrogens with one attached hydrogen (secondary N) is 2. The number of benzene rings is 1. The Balaban J connectivity index is 1.77. The van der Waals surface area contributed by atoms with Crippen LogP contribution in [-0.4, -0.2) is 50.3 Å². The second-order valence-corrected chi connectivity index (χ2v) is 9.16. The number of carbonyl (C=O) groups excluding carboxylic acids is 1. The van der Waals surface area contributed by atoms with Gasteiger partial charge in [0.2, 0.25) is 0 Å². The lowest BCUT2D eigenvalue weighted by molar-refractivity contribution is -0.141. The number of thiophene rings is 1. The molecule has 1 aromatic carbocycles. The number of methoxy groups -OCH3 is 1. The molecule has 3 N–H and O–H groups in total. The summed E-state index contributed by atoms with van der Waals surface area (Å²) in [6, 6.07) is 6.92. The van der Waals surface area contributed by atoms with E-state index >= 15 is 0 Å². The molecule has 1 aliphatic rings. The number of carboxylic acid groups (broad SMARTS) is 1. The lowest BCUT2D eigenvalue weighted by atomic mass is 9.99. The van der Waals surface area contributed by atoms with Gasteiger partial charge in [-0.15, -0.1) is 21.5 Å². The highest BCUT2D eigenvalue weighted by atomic mass is 32.1. The zero-order chi connectivity index (χ0) is 25.3. The topological polar surface area (TPSA) is 143 Å². The van der Waals surface area contributed by atoms with Gasteiger partial charge in [0, 0.05) is 27.9 Å². The maximum absolute atomic E-state index is 12.2. The van der Waals surface area contributed by atoms with Gasteiger partial charge < -0.3 is 15.2 Å². The minimum absolute atomic E-state index is 0.0328. The quantitative estimate of drug-likeness (QED) is 0.337. The Morgan fingerprint density at radius 2 is 1.94 bits per heavy atom. The third-order valence-electron chi connectivity index (χ3n) is 5.72. The van der Waals surface area contributed by atoms with Crippen molar-refractivity contribution in [1.29, 1.82) is 5.41 Å². The van der Waals surface area contributed by atoms with Crippen molar-refractivity contribution in [3.05, 3.63) is 69.8 Å². The molecule has 2 aromatic heterocycles. The Kier molecular flexibility index (Phi) is 6.61. The third kappa shape index (κ3) is 4.62. The molecule has 0 bridgehead atoms. The highest BCUT2D eigenvalue weighted by Gasteiger charge is 2.32. The lowest BCUT2D eigenvalue weighted by Crippen LogP contribution is -2.12. The summed E-state index contributed by atoms with van der Waals surface area (Å²) < 4.78 is 6.89. The van der Waals surface area contributed by atoms with Crippen LogP contribution < -0.4 is 5.32 Å². The molecule has 180 valence electrons.